The van der Waals surface area contributed by atoms with Gasteiger partial charge in [-0.25, -0.2) is 0 Å². The van der Waals surface area contributed by atoms with Crippen LogP contribution in [0.25, 0.3) is 0 Å². The van der Waals surface area contributed by atoms with Crippen LogP contribution < -0.4 is 0 Å². The summed E-state index contributed by atoms with van der Waals surface area (Å²) < 4.78 is 0. The minimum atomic E-state index is 0.322. The summed E-state index contributed by atoms with van der Waals surface area (Å²) in [5.74, 6) is 0.322. The number of aldehydes is 1. The molecule has 3 rings (SSSR count). The fourth-order valence-corrected chi connectivity index (χ4v) is 3.83. The molecule has 2 atom stereocenters. The van der Waals surface area contributed by atoms with Gasteiger partial charge in [0.15, 0.2) is 0 Å². The number of rotatable bonds is 2. The summed E-state index contributed by atoms with van der Waals surface area (Å²) in [6.45, 7) is 1.09. The normalized spacial score (nSPS) is 31.9. The zero-order chi connectivity index (χ0) is 13.1. The minimum Gasteiger partial charge on any atom is -0.370 e. The summed E-state index contributed by atoms with van der Waals surface area (Å²) in [6.07, 6.45) is 17.2. The monoisotopic (exact) mass is 259 g/mol. The molecule has 2 aliphatic carbocycles. The largest absolute Gasteiger partial charge is 0.370 e. The van der Waals surface area contributed by atoms with Crippen LogP contribution in [0.15, 0.2) is 23.4 Å². The molecule has 104 valence electrons. The molecule has 0 N–H and O–H groups in total. The average Bonchev–Trinajstić information content (AvgIpc) is 2.72. The van der Waals surface area contributed by atoms with E-state index in [4.69, 9.17) is 0 Å². The Balaban J connectivity index is 1.65. The Hall–Kier alpha value is -1.05. The Morgan fingerprint density at radius 2 is 1.84 bits per heavy atom. The number of nitrogens with zero attached hydrogens (tertiary/aromatic N) is 1. The summed E-state index contributed by atoms with van der Waals surface area (Å²) in [5.41, 5.74) is 3.20. The quantitative estimate of drug-likeness (QED) is 0.555. The maximum Gasteiger partial charge on any atom is 0.123 e. The molecule has 2 unspecified atom stereocenters. The number of carbonyl (C=O) groups is 1. The standard InChI is InChI=1S/C17H25NO/c19-13-14-4-3-7-17(9-8-14)18-11-10-15-5-1-2-6-16(15)12-18/h10,12-14,17H,1-9,11H2. The number of allylic oxidation sites excluding steroid dienone is 2. The van der Waals surface area contributed by atoms with Gasteiger partial charge in [0.1, 0.15) is 6.29 Å². The van der Waals surface area contributed by atoms with Gasteiger partial charge in [0.25, 0.3) is 0 Å². The second-order valence-electron chi connectivity index (χ2n) is 6.35. The number of carbonyl (C=O) groups excluding carboxylic acids is 1. The van der Waals surface area contributed by atoms with Crippen molar-refractivity contribution in [1.82, 2.24) is 4.90 Å². The zero-order valence-corrected chi connectivity index (χ0v) is 11.8. The molecule has 3 aliphatic rings. The Labute approximate surface area is 116 Å². The Kier molecular flexibility index (Phi) is 4.05. The molecule has 0 spiro atoms. The van der Waals surface area contributed by atoms with Gasteiger partial charge >= 0.3 is 0 Å². The van der Waals surface area contributed by atoms with Crippen LogP contribution in [0.2, 0.25) is 0 Å². The van der Waals surface area contributed by atoms with Crippen LogP contribution in [-0.4, -0.2) is 23.8 Å². The van der Waals surface area contributed by atoms with Crippen molar-refractivity contribution in [3.8, 4) is 0 Å². The lowest BCUT2D eigenvalue weighted by Gasteiger charge is -2.35. The molecule has 1 heterocycles. The SMILES string of the molecule is O=CC1CCCC(N2C=C3CCCCC3=CC2)CC1. The van der Waals surface area contributed by atoms with E-state index >= 15 is 0 Å². The van der Waals surface area contributed by atoms with Crippen LogP contribution in [0.4, 0.5) is 0 Å². The summed E-state index contributed by atoms with van der Waals surface area (Å²) >= 11 is 0. The molecule has 0 bridgehead atoms. The molecule has 0 aromatic heterocycles. The lowest BCUT2D eigenvalue weighted by atomic mass is 9.88. The predicted octanol–water partition coefficient (Wildman–Crippen LogP) is 3.83. The van der Waals surface area contributed by atoms with Crippen LogP contribution in [0.5, 0.6) is 0 Å². The third-order valence-corrected chi connectivity index (χ3v) is 5.07. The van der Waals surface area contributed by atoms with Gasteiger partial charge in [-0.05, 0) is 62.5 Å². The van der Waals surface area contributed by atoms with Gasteiger partial charge in [-0.2, -0.15) is 0 Å². The van der Waals surface area contributed by atoms with Gasteiger partial charge in [-0.3, -0.25) is 0 Å². The average molecular weight is 259 g/mol. The second-order valence-corrected chi connectivity index (χ2v) is 6.35. The van der Waals surface area contributed by atoms with E-state index in [9.17, 15) is 4.79 Å². The van der Waals surface area contributed by atoms with Gasteiger partial charge < -0.3 is 9.69 Å². The van der Waals surface area contributed by atoms with Crippen molar-refractivity contribution in [2.45, 2.75) is 63.8 Å². The van der Waals surface area contributed by atoms with E-state index in [2.05, 4.69) is 17.2 Å². The molecule has 0 saturated heterocycles. The lowest BCUT2D eigenvalue weighted by Crippen LogP contribution is -2.33. The number of fused-ring (bicyclic) bond motifs is 1. The molecule has 2 heteroatoms. The summed E-state index contributed by atoms with van der Waals surface area (Å²) in [5, 5.41) is 0. The van der Waals surface area contributed by atoms with Crippen LogP contribution in [-0.2, 0) is 4.79 Å². The number of hydrogen-bond donors (Lipinski definition) is 0. The van der Waals surface area contributed by atoms with Gasteiger partial charge in [0.05, 0.1) is 0 Å². The Morgan fingerprint density at radius 1 is 1.00 bits per heavy atom. The molecular weight excluding hydrogens is 234 g/mol. The van der Waals surface area contributed by atoms with Crippen molar-refractivity contribution in [2.24, 2.45) is 5.92 Å². The van der Waals surface area contributed by atoms with E-state index in [1.165, 1.54) is 51.2 Å². The molecule has 0 radical (unpaired) electrons. The van der Waals surface area contributed by atoms with Crippen molar-refractivity contribution < 1.29 is 4.79 Å². The minimum absolute atomic E-state index is 0.322. The Bertz CT molecular complexity index is 396. The van der Waals surface area contributed by atoms with Crippen LogP contribution in [0.3, 0.4) is 0 Å². The van der Waals surface area contributed by atoms with Crippen molar-refractivity contribution in [3.63, 3.8) is 0 Å². The fourth-order valence-electron chi connectivity index (χ4n) is 3.83. The van der Waals surface area contributed by atoms with E-state index in [0.29, 0.717) is 12.0 Å². The van der Waals surface area contributed by atoms with Crippen molar-refractivity contribution >= 4 is 6.29 Å². The van der Waals surface area contributed by atoms with E-state index < -0.39 is 0 Å². The molecule has 1 aliphatic heterocycles. The van der Waals surface area contributed by atoms with Gasteiger partial charge in [0, 0.05) is 24.7 Å². The van der Waals surface area contributed by atoms with Gasteiger partial charge in [0.2, 0.25) is 0 Å². The lowest BCUT2D eigenvalue weighted by molar-refractivity contribution is -0.111. The van der Waals surface area contributed by atoms with Gasteiger partial charge in [-0.15, -0.1) is 0 Å². The molecule has 2 nitrogen and oxygen atoms in total. The maximum absolute atomic E-state index is 10.9. The topological polar surface area (TPSA) is 20.3 Å². The molecule has 2 fully saturated rings. The van der Waals surface area contributed by atoms with Crippen molar-refractivity contribution in [2.75, 3.05) is 6.54 Å². The van der Waals surface area contributed by atoms with Crippen LogP contribution >= 0.6 is 0 Å². The van der Waals surface area contributed by atoms with Crippen molar-refractivity contribution in [3.05, 3.63) is 23.4 Å². The first-order valence-corrected chi connectivity index (χ1v) is 7.98. The third-order valence-electron chi connectivity index (χ3n) is 5.07. The first-order chi connectivity index (χ1) is 9.36. The van der Waals surface area contributed by atoms with Crippen LogP contribution in [0.1, 0.15) is 57.8 Å². The highest BCUT2D eigenvalue weighted by atomic mass is 16.1. The second kappa shape index (κ2) is 5.94. The highest BCUT2D eigenvalue weighted by molar-refractivity contribution is 5.53. The van der Waals surface area contributed by atoms with E-state index in [1.807, 2.05) is 0 Å². The van der Waals surface area contributed by atoms with E-state index in [0.717, 1.165) is 19.4 Å². The van der Waals surface area contributed by atoms with E-state index in [1.54, 1.807) is 11.1 Å². The van der Waals surface area contributed by atoms with E-state index in [-0.39, 0.29) is 0 Å². The highest BCUT2D eigenvalue weighted by Gasteiger charge is 2.24. The van der Waals surface area contributed by atoms with Crippen molar-refractivity contribution in [1.29, 1.82) is 0 Å². The Morgan fingerprint density at radius 3 is 2.68 bits per heavy atom. The molecule has 0 aromatic rings. The fraction of sp³-hybridized carbons (Fsp3) is 0.706. The van der Waals surface area contributed by atoms with Gasteiger partial charge in [-0.1, -0.05) is 12.5 Å². The predicted molar refractivity (Wildman–Crippen MR) is 77.8 cm³/mol. The maximum atomic E-state index is 10.9. The third kappa shape index (κ3) is 2.93. The first-order valence-electron chi connectivity index (χ1n) is 7.98. The summed E-state index contributed by atoms with van der Waals surface area (Å²) in [7, 11) is 0. The highest BCUT2D eigenvalue weighted by Crippen LogP contribution is 2.34. The molecule has 0 amide bonds. The summed E-state index contributed by atoms with van der Waals surface area (Å²) in [4.78, 5) is 13.5. The smallest absolute Gasteiger partial charge is 0.123 e. The first kappa shape index (κ1) is 13.0. The molecule has 2 saturated carbocycles. The summed E-state index contributed by atoms with van der Waals surface area (Å²) in [6, 6.07) is 0.664. The zero-order valence-electron chi connectivity index (χ0n) is 11.8. The number of hydrogen-bond acceptors (Lipinski definition) is 2. The molecule has 19 heavy (non-hydrogen) atoms. The van der Waals surface area contributed by atoms with Crippen LogP contribution in [0, 0.1) is 5.92 Å². The molecular formula is C17H25NO. The molecule has 0 aromatic carbocycles.